The Hall–Kier alpha value is -2.30. The van der Waals surface area contributed by atoms with E-state index >= 15 is 0 Å². The molecule has 0 bridgehead atoms. The van der Waals surface area contributed by atoms with E-state index in [1.807, 2.05) is 30.3 Å². The summed E-state index contributed by atoms with van der Waals surface area (Å²) in [5.41, 5.74) is 0.553. The maximum absolute atomic E-state index is 11.9. The molecule has 1 heterocycles. The van der Waals surface area contributed by atoms with Crippen molar-refractivity contribution < 1.29 is 9.53 Å². The summed E-state index contributed by atoms with van der Waals surface area (Å²) in [6, 6.07) is 9.53. The molecule has 5 heteroatoms. The van der Waals surface area contributed by atoms with Gasteiger partial charge in [-0.05, 0) is 12.1 Å². The monoisotopic (exact) mass is 245 g/mol. The number of nitrogens with zero attached hydrogens (tertiary/aromatic N) is 2. The Kier molecular flexibility index (Phi) is 3.96. The summed E-state index contributed by atoms with van der Waals surface area (Å²) in [5.74, 6) is 0.738. The zero-order chi connectivity index (χ0) is 12.8. The van der Waals surface area contributed by atoms with Crippen LogP contribution >= 0.6 is 0 Å². The van der Waals surface area contributed by atoms with Crippen LogP contribution in [-0.4, -0.2) is 41.2 Å². The van der Waals surface area contributed by atoms with Gasteiger partial charge in [-0.3, -0.25) is 9.89 Å². The van der Waals surface area contributed by atoms with Crippen LogP contribution in [0.25, 0.3) is 0 Å². The van der Waals surface area contributed by atoms with E-state index in [0.29, 0.717) is 18.7 Å². The molecule has 5 nitrogen and oxygen atoms in total. The number of carbonyl (C=O) groups excluding carboxylic acids is 1. The minimum absolute atomic E-state index is 0.0691. The number of aromatic amines is 1. The molecule has 18 heavy (non-hydrogen) atoms. The van der Waals surface area contributed by atoms with Gasteiger partial charge in [0.15, 0.2) is 0 Å². The Bertz CT molecular complexity index is 482. The zero-order valence-corrected chi connectivity index (χ0v) is 10.2. The summed E-state index contributed by atoms with van der Waals surface area (Å²) in [4.78, 5) is 13.5. The average Bonchev–Trinajstić information content (AvgIpc) is 2.93. The quantitative estimate of drug-likeness (QED) is 0.869. The molecule has 0 fully saturated rings. The first-order valence-electron chi connectivity index (χ1n) is 5.69. The molecule has 0 unspecified atom stereocenters. The number of nitrogens with one attached hydrogen (secondary N) is 1. The van der Waals surface area contributed by atoms with Crippen molar-refractivity contribution in [3.8, 4) is 5.75 Å². The number of hydrogen-bond acceptors (Lipinski definition) is 3. The molecule has 2 aromatic rings. The molecule has 94 valence electrons. The Labute approximate surface area is 105 Å². The van der Waals surface area contributed by atoms with Gasteiger partial charge >= 0.3 is 0 Å². The highest BCUT2D eigenvalue weighted by Gasteiger charge is 2.12. The number of H-pyrrole nitrogens is 1. The van der Waals surface area contributed by atoms with Gasteiger partial charge in [0.1, 0.15) is 12.4 Å². The van der Waals surface area contributed by atoms with Crippen LogP contribution in [0.1, 0.15) is 10.4 Å². The fraction of sp³-hybridized carbons (Fsp3) is 0.231. The SMILES string of the molecule is CN(CCOc1ccccc1)C(=O)c1cn[nH]c1. The molecule has 0 aliphatic carbocycles. The van der Waals surface area contributed by atoms with Crippen LogP contribution in [0.4, 0.5) is 0 Å². The maximum atomic E-state index is 11.9. The third-order valence-corrected chi connectivity index (χ3v) is 2.53. The zero-order valence-electron chi connectivity index (χ0n) is 10.2. The first-order valence-corrected chi connectivity index (χ1v) is 5.69. The molecular weight excluding hydrogens is 230 g/mol. The largest absolute Gasteiger partial charge is 0.492 e. The number of ether oxygens (including phenoxy) is 1. The normalized spacial score (nSPS) is 10.1. The van der Waals surface area contributed by atoms with Crippen LogP contribution in [0.3, 0.4) is 0 Å². The van der Waals surface area contributed by atoms with Crippen LogP contribution in [0.15, 0.2) is 42.7 Å². The molecule has 2 rings (SSSR count). The molecule has 1 N–H and O–H groups in total. The summed E-state index contributed by atoms with van der Waals surface area (Å²) in [5, 5.41) is 6.37. The number of carbonyl (C=O) groups is 1. The predicted molar refractivity (Wildman–Crippen MR) is 67.5 cm³/mol. The lowest BCUT2D eigenvalue weighted by atomic mass is 10.3. The van der Waals surface area contributed by atoms with Crippen molar-refractivity contribution in [1.29, 1.82) is 0 Å². The molecule has 1 amide bonds. The molecule has 0 radical (unpaired) electrons. The maximum Gasteiger partial charge on any atom is 0.256 e. The molecule has 0 aliphatic heterocycles. The number of amides is 1. The highest BCUT2D eigenvalue weighted by atomic mass is 16.5. The van der Waals surface area contributed by atoms with Crippen molar-refractivity contribution in [2.24, 2.45) is 0 Å². The van der Waals surface area contributed by atoms with Crippen LogP contribution in [0.5, 0.6) is 5.75 Å². The van der Waals surface area contributed by atoms with Crippen LogP contribution in [-0.2, 0) is 0 Å². The first kappa shape index (κ1) is 12.2. The van der Waals surface area contributed by atoms with Gasteiger partial charge in [0, 0.05) is 13.2 Å². The molecule has 0 spiro atoms. The van der Waals surface area contributed by atoms with E-state index < -0.39 is 0 Å². The number of likely N-dealkylation sites (N-methyl/N-ethyl adjacent to an activating group) is 1. The van der Waals surface area contributed by atoms with Crippen LogP contribution in [0, 0.1) is 0 Å². The van der Waals surface area contributed by atoms with Gasteiger partial charge < -0.3 is 9.64 Å². The molecule has 1 aromatic carbocycles. The Balaban J connectivity index is 1.79. The van der Waals surface area contributed by atoms with Gasteiger partial charge in [-0.15, -0.1) is 0 Å². The highest BCUT2D eigenvalue weighted by Crippen LogP contribution is 2.08. The van der Waals surface area contributed by atoms with Crippen molar-refractivity contribution >= 4 is 5.91 Å². The van der Waals surface area contributed by atoms with Gasteiger partial charge in [-0.25, -0.2) is 0 Å². The van der Waals surface area contributed by atoms with Crippen LogP contribution < -0.4 is 4.74 Å². The fourth-order valence-electron chi connectivity index (χ4n) is 1.51. The molecular formula is C13H15N3O2. The van der Waals surface area contributed by atoms with Gasteiger partial charge in [0.05, 0.1) is 18.3 Å². The molecule has 1 aromatic heterocycles. The average molecular weight is 245 g/mol. The number of benzene rings is 1. The second-order valence-corrected chi connectivity index (χ2v) is 3.88. The van der Waals surface area contributed by atoms with E-state index in [1.54, 1.807) is 18.1 Å². The van der Waals surface area contributed by atoms with Crippen LogP contribution in [0.2, 0.25) is 0 Å². The summed E-state index contributed by atoms with van der Waals surface area (Å²) in [7, 11) is 1.74. The van der Waals surface area contributed by atoms with Crippen molar-refractivity contribution in [2.75, 3.05) is 20.2 Å². The minimum atomic E-state index is -0.0691. The second-order valence-electron chi connectivity index (χ2n) is 3.88. The lowest BCUT2D eigenvalue weighted by Gasteiger charge is -2.16. The van der Waals surface area contributed by atoms with E-state index in [1.165, 1.54) is 6.20 Å². The topological polar surface area (TPSA) is 58.2 Å². The molecule has 0 atom stereocenters. The van der Waals surface area contributed by atoms with Gasteiger partial charge in [0.25, 0.3) is 5.91 Å². The van der Waals surface area contributed by atoms with E-state index in [4.69, 9.17) is 4.74 Å². The van der Waals surface area contributed by atoms with Crippen molar-refractivity contribution in [3.05, 3.63) is 48.3 Å². The number of para-hydroxylation sites is 1. The lowest BCUT2D eigenvalue weighted by molar-refractivity contribution is 0.0774. The Morgan fingerprint density at radius 3 is 2.83 bits per heavy atom. The second kappa shape index (κ2) is 5.86. The minimum Gasteiger partial charge on any atom is -0.492 e. The number of hydrogen-bond donors (Lipinski definition) is 1. The standard InChI is InChI=1S/C13H15N3O2/c1-16(13(17)11-9-14-15-10-11)7-8-18-12-5-3-2-4-6-12/h2-6,9-10H,7-8H2,1H3,(H,14,15). The summed E-state index contributed by atoms with van der Waals surface area (Å²) in [6.45, 7) is 0.989. The molecule has 0 aliphatic rings. The van der Waals surface area contributed by atoms with E-state index in [0.717, 1.165) is 5.75 Å². The summed E-state index contributed by atoms with van der Waals surface area (Å²) < 4.78 is 5.53. The van der Waals surface area contributed by atoms with Crippen molar-refractivity contribution in [1.82, 2.24) is 15.1 Å². The first-order chi connectivity index (χ1) is 8.77. The molecule has 0 saturated carbocycles. The van der Waals surface area contributed by atoms with Crippen molar-refractivity contribution in [3.63, 3.8) is 0 Å². The van der Waals surface area contributed by atoms with Gasteiger partial charge in [0.2, 0.25) is 0 Å². The number of rotatable bonds is 5. The predicted octanol–water partition coefficient (Wildman–Crippen LogP) is 1.56. The number of aromatic nitrogens is 2. The smallest absolute Gasteiger partial charge is 0.256 e. The van der Waals surface area contributed by atoms with Gasteiger partial charge in [-0.1, -0.05) is 18.2 Å². The Morgan fingerprint density at radius 2 is 2.17 bits per heavy atom. The molecule has 0 saturated heterocycles. The third-order valence-electron chi connectivity index (χ3n) is 2.53. The Morgan fingerprint density at radius 1 is 1.39 bits per heavy atom. The highest BCUT2D eigenvalue weighted by molar-refractivity contribution is 5.93. The van der Waals surface area contributed by atoms with E-state index in [9.17, 15) is 4.79 Å². The van der Waals surface area contributed by atoms with Gasteiger partial charge in [-0.2, -0.15) is 5.10 Å². The van der Waals surface area contributed by atoms with Crippen molar-refractivity contribution in [2.45, 2.75) is 0 Å². The lowest BCUT2D eigenvalue weighted by Crippen LogP contribution is -2.30. The summed E-state index contributed by atoms with van der Waals surface area (Å²) in [6.07, 6.45) is 3.09. The third kappa shape index (κ3) is 3.10. The van der Waals surface area contributed by atoms with E-state index in [2.05, 4.69) is 10.2 Å². The summed E-state index contributed by atoms with van der Waals surface area (Å²) >= 11 is 0. The fourth-order valence-corrected chi connectivity index (χ4v) is 1.51. The van der Waals surface area contributed by atoms with E-state index in [-0.39, 0.29) is 5.91 Å².